The van der Waals surface area contributed by atoms with Gasteiger partial charge in [0.15, 0.2) is 5.82 Å². The van der Waals surface area contributed by atoms with Crippen LogP contribution >= 0.6 is 11.3 Å². The molecule has 10 rings (SSSR count). The van der Waals surface area contributed by atoms with E-state index in [9.17, 15) is 0 Å². The average Bonchev–Trinajstić information content (AvgIpc) is 3.74. The first-order valence-electron chi connectivity index (χ1n) is 16.1. The van der Waals surface area contributed by atoms with Crippen molar-refractivity contribution in [3.63, 3.8) is 0 Å². The van der Waals surface area contributed by atoms with Crippen LogP contribution in [0.25, 0.3) is 81.6 Å². The van der Waals surface area contributed by atoms with E-state index in [1.54, 1.807) is 11.3 Å². The summed E-state index contributed by atoms with van der Waals surface area (Å²) in [5.74, 6) is 0.749. The van der Waals surface area contributed by atoms with Crippen LogP contribution in [0, 0.1) is 0 Å². The van der Waals surface area contributed by atoms with Gasteiger partial charge in [-0.25, -0.2) is 9.97 Å². The highest BCUT2D eigenvalue weighted by Crippen LogP contribution is 2.53. The average molecular weight is 620 g/mol. The van der Waals surface area contributed by atoms with Gasteiger partial charge in [0, 0.05) is 48.5 Å². The van der Waals surface area contributed by atoms with Crippen LogP contribution in [0.2, 0.25) is 0 Å². The second kappa shape index (κ2) is 9.71. The number of hydrogen-bond donors (Lipinski definition) is 0. The number of para-hydroxylation sites is 1. The van der Waals surface area contributed by atoms with Gasteiger partial charge in [-0.2, -0.15) is 0 Å². The van der Waals surface area contributed by atoms with Gasteiger partial charge in [0.25, 0.3) is 0 Å². The molecule has 3 heterocycles. The summed E-state index contributed by atoms with van der Waals surface area (Å²) in [6, 6.07) is 50.2. The van der Waals surface area contributed by atoms with Crippen molar-refractivity contribution >= 4 is 53.4 Å². The Kier molecular flexibility index (Phi) is 5.50. The lowest BCUT2D eigenvalue weighted by Gasteiger charge is -2.21. The highest BCUT2D eigenvalue weighted by atomic mass is 32.1. The van der Waals surface area contributed by atoms with Gasteiger partial charge < -0.3 is 4.57 Å². The third-order valence-corrected chi connectivity index (χ3v) is 11.1. The third-order valence-electron chi connectivity index (χ3n) is 10.0. The Bertz CT molecular complexity index is 2710. The number of hydrogen-bond acceptors (Lipinski definition) is 3. The molecule has 222 valence electrons. The van der Waals surface area contributed by atoms with Crippen LogP contribution in [0.1, 0.15) is 25.0 Å². The van der Waals surface area contributed by atoms with Crippen molar-refractivity contribution < 1.29 is 0 Å². The van der Waals surface area contributed by atoms with Gasteiger partial charge in [-0.15, -0.1) is 11.3 Å². The molecule has 3 nitrogen and oxygen atoms in total. The second-order valence-electron chi connectivity index (χ2n) is 13.0. The largest absolute Gasteiger partial charge is 0.309 e. The predicted octanol–water partition coefficient (Wildman–Crippen LogP) is 11.6. The zero-order valence-corrected chi connectivity index (χ0v) is 26.8. The topological polar surface area (TPSA) is 30.7 Å². The van der Waals surface area contributed by atoms with Crippen LogP contribution in [-0.4, -0.2) is 14.5 Å². The van der Waals surface area contributed by atoms with Gasteiger partial charge in [0.05, 0.1) is 16.7 Å². The fraction of sp³-hybridized carbons (Fsp3) is 0.0698. The Labute approximate surface area is 276 Å². The summed E-state index contributed by atoms with van der Waals surface area (Å²) in [5, 5.41) is 4.90. The van der Waals surface area contributed by atoms with E-state index in [2.05, 4.69) is 140 Å². The van der Waals surface area contributed by atoms with Gasteiger partial charge in [-0.1, -0.05) is 123 Å². The summed E-state index contributed by atoms with van der Waals surface area (Å²) in [6.07, 6.45) is 0. The van der Waals surface area contributed by atoms with Crippen molar-refractivity contribution in [2.45, 2.75) is 19.3 Å². The monoisotopic (exact) mass is 619 g/mol. The molecule has 0 saturated heterocycles. The number of benzene rings is 6. The lowest BCUT2D eigenvalue weighted by Crippen LogP contribution is -2.14. The molecular formula is C43H29N3S. The van der Waals surface area contributed by atoms with Crippen LogP contribution in [0.5, 0.6) is 0 Å². The van der Waals surface area contributed by atoms with Crippen molar-refractivity contribution in [3.05, 3.63) is 151 Å². The molecule has 47 heavy (non-hydrogen) atoms. The minimum atomic E-state index is -0.0542. The van der Waals surface area contributed by atoms with Gasteiger partial charge in [-0.05, 0) is 52.6 Å². The Balaban J connectivity index is 1.26. The zero-order valence-electron chi connectivity index (χ0n) is 26.0. The molecule has 0 aliphatic heterocycles. The molecule has 0 fully saturated rings. The lowest BCUT2D eigenvalue weighted by atomic mass is 9.82. The highest BCUT2D eigenvalue weighted by molar-refractivity contribution is 7.25. The molecule has 0 radical (unpaired) electrons. The van der Waals surface area contributed by atoms with Crippen LogP contribution < -0.4 is 0 Å². The van der Waals surface area contributed by atoms with Gasteiger partial charge in [0.1, 0.15) is 4.83 Å². The van der Waals surface area contributed by atoms with E-state index in [1.807, 2.05) is 18.2 Å². The number of rotatable bonds is 3. The van der Waals surface area contributed by atoms with E-state index in [0.717, 1.165) is 38.5 Å². The molecule has 4 heteroatoms. The zero-order chi connectivity index (χ0) is 31.3. The summed E-state index contributed by atoms with van der Waals surface area (Å²) in [7, 11) is 0. The molecule has 6 aromatic carbocycles. The molecule has 0 unspecified atom stereocenters. The fourth-order valence-electron chi connectivity index (χ4n) is 7.87. The van der Waals surface area contributed by atoms with Crippen molar-refractivity contribution in [1.82, 2.24) is 14.5 Å². The van der Waals surface area contributed by atoms with E-state index in [1.165, 1.54) is 54.1 Å². The normalized spacial score (nSPS) is 13.5. The van der Waals surface area contributed by atoms with Gasteiger partial charge in [0.2, 0.25) is 0 Å². The molecule has 9 aromatic rings. The predicted molar refractivity (Wildman–Crippen MR) is 198 cm³/mol. The molecule has 1 aliphatic rings. The Morgan fingerprint density at radius 3 is 2.21 bits per heavy atom. The number of aromatic nitrogens is 3. The van der Waals surface area contributed by atoms with Crippen molar-refractivity contribution in [1.29, 1.82) is 0 Å². The van der Waals surface area contributed by atoms with E-state index >= 15 is 0 Å². The smallest absolute Gasteiger partial charge is 0.161 e. The van der Waals surface area contributed by atoms with E-state index in [4.69, 9.17) is 9.97 Å². The second-order valence-corrected chi connectivity index (χ2v) is 14.0. The van der Waals surface area contributed by atoms with Crippen molar-refractivity contribution in [2.24, 2.45) is 0 Å². The number of fused-ring (bicyclic) bond motifs is 10. The molecule has 0 bridgehead atoms. The first-order valence-corrected chi connectivity index (χ1v) is 16.9. The van der Waals surface area contributed by atoms with Gasteiger partial charge in [-0.3, -0.25) is 0 Å². The molecular weight excluding hydrogens is 591 g/mol. The maximum Gasteiger partial charge on any atom is 0.161 e. The van der Waals surface area contributed by atoms with Gasteiger partial charge >= 0.3 is 0 Å². The molecule has 0 atom stereocenters. The number of thiophene rings is 1. The Morgan fingerprint density at radius 2 is 1.32 bits per heavy atom. The highest BCUT2D eigenvalue weighted by Gasteiger charge is 2.37. The summed E-state index contributed by atoms with van der Waals surface area (Å²) >= 11 is 1.73. The van der Waals surface area contributed by atoms with E-state index in [0.29, 0.717) is 0 Å². The minimum absolute atomic E-state index is 0.0542. The Hall–Kier alpha value is -5.58. The molecule has 0 spiro atoms. The van der Waals surface area contributed by atoms with E-state index in [-0.39, 0.29) is 5.41 Å². The molecule has 0 saturated carbocycles. The van der Waals surface area contributed by atoms with Crippen molar-refractivity contribution in [3.8, 4) is 39.5 Å². The fourth-order valence-corrected chi connectivity index (χ4v) is 8.95. The lowest BCUT2D eigenvalue weighted by molar-refractivity contribution is 0.661. The van der Waals surface area contributed by atoms with Crippen LogP contribution in [-0.2, 0) is 5.41 Å². The molecule has 0 amide bonds. The molecule has 1 aliphatic carbocycles. The Morgan fingerprint density at radius 1 is 0.574 bits per heavy atom. The maximum atomic E-state index is 5.29. The van der Waals surface area contributed by atoms with Crippen LogP contribution in [0.15, 0.2) is 140 Å². The first-order chi connectivity index (χ1) is 23.1. The van der Waals surface area contributed by atoms with Crippen LogP contribution in [0.4, 0.5) is 0 Å². The summed E-state index contributed by atoms with van der Waals surface area (Å²) in [6.45, 7) is 4.71. The summed E-state index contributed by atoms with van der Waals surface area (Å²) in [4.78, 5) is 11.4. The van der Waals surface area contributed by atoms with Crippen LogP contribution in [0.3, 0.4) is 0 Å². The quantitative estimate of drug-likeness (QED) is 0.197. The SMILES string of the molecule is CC1(C)c2ccccc2-c2c1ccc1c2c2ccccc2n1-c1cccc(-c2nc(-c3ccccc3)nc3sc4ccccc4c23)c1. The van der Waals surface area contributed by atoms with Crippen molar-refractivity contribution in [2.75, 3.05) is 0 Å². The standard InChI is InChI=1S/C43H29N3S/c1-43(2)32-20-9-6-17-29(32)37-33(43)23-24-35-38(37)30-18-7-10-21-34(30)46(35)28-16-12-15-27(25-28)40-39-31-19-8-11-22-36(31)47-42(39)45-41(44-40)26-13-4-3-5-14-26/h3-25H,1-2H3. The third kappa shape index (κ3) is 3.73. The minimum Gasteiger partial charge on any atom is -0.309 e. The van der Waals surface area contributed by atoms with E-state index < -0.39 is 0 Å². The molecule has 3 aromatic heterocycles. The summed E-state index contributed by atoms with van der Waals surface area (Å²) in [5.41, 5.74) is 12.0. The molecule has 0 N–H and O–H groups in total. The summed E-state index contributed by atoms with van der Waals surface area (Å²) < 4.78 is 3.66. The number of nitrogens with zero attached hydrogens (tertiary/aromatic N) is 3. The maximum absolute atomic E-state index is 5.29. The first kappa shape index (κ1) is 26.6.